The number of nitrogen functional groups attached to an aromatic ring is 1. The van der Waals surface area contributed by atoms with Crippen LogP contribution in [-0.2, 0) is 12.0 Å². The van der Waals surface area contributed by atoms with E-state index < -0.39 is 5.82 Å². The van der Waals surface area contributed by atoms with Gasteiger partial charge in [-0.15, -0.1) is 0 Å². The van der Waals surface area contributed by atoms with Crippen molar-refractivity contribution in [2.45, 2.75) is 32.8 Å². The Labute approximate surface area is 130 Å². The Morgan fingerprint density at radius 3 is 2.45 bits per heavy atom. The molecule has 2 aromatic rings. The summed E-state index contributed by atoms with van der Waals surface area (Å²) in [5, 5.41) is 7.32. The van der Waals surface area contributed by atoms with Crippen LogP contribution < -0.4 is 10.5 Å². The summed E-state index contributed by atoms with van der Waals surface area (Å²) in [5.74, 6) is 0.190. The van der Waals surface area contributed by atoms with Crippen molar-refractivity contribution in [3.63, 3.8) is 0 Å². The molecule has 0 saturated carbocycles. The predicted octanol–water partition coefficient (Wildman–Crippen LogP) is 3.99. The minimum Gasteiger partial charge on any atom is -0.488 e. The van der Waals surface area contributed by atoms with Gasteiger partial charge in [-0.2, -0.15) is 0 Å². The molecule has 0 aliphatic heterocycles. The summed E-state index contributed by atoms with van der Waals surface area (Å²) in [5.41, 5.74) is 7.19. The number of rotatable bonds is 4. The summed E-state index contributed by atoms with van der Waals surface area (Å²) < 4.78 is 19.8. The van der Waals surface area contributed by atoms with Gasteiger partial charge in [-0.25, -0.2) is 4.39 Å². The number of hydrogen-bond acceptors (Lipinski definition) is 2. The fraction of sp³-hybridized carbons (Fsp3) is 0.278. The molecule has 0 atom stereocenters. The standard InChI is InChI=1S/C18H21FN2O/c1-18(2,3)14-6-4-5-7-16(14)22-11-13-9-8-12(17(20)21)10-15(13)19/h4-10H,11H2,1-3H3,(H3,20,21). The molecule has 2 rings (SSSR count). The van der Waals surface area contributed by atoms with Gasteiger partial charge in [-0.1, -0.05) is 51.1 Å². The lowest BCUT2D eigenvalue weighted by atomic mass is 9.86. The molecule has 3 nitrogen and oxygen atoms in total. The quantitative estimate of drug-likeness (QED) is 0.662. The summed E-state index contributed by atoms with van der Waals surface area (Å²) in [7, 11) is 0. The maximum Gasteiger partial charge on any atom is 0.130 e. The normalized spacial score (nSPS) is 11.3. The summed E-state index contributed by atoms with van der Waals surface area (Å²) >= 11 is 0. The van der Waals surface area contributed by atoms with E-state index in [2.05, 4.69) is 20.8 Å². The van der Waals surface area contributed by atoms with E-state index >= 15 is 0 Å². The number of nitrogens with two attached hydrogens (primary N) is 1. The van der Waals surface area contributed by atoms with E-state index in [0.29, 0.717) is 11.1 Å². The van der Waals surface area contributed by atoms with Crippen LogP contribution in [0.15, 0.2) is 42.5 Å². The minimum absolute atomic E-state index is 0.0480. The molecule has 0 aromatic heterocycles. The Morgan fingerprint density at radius 2 is 1.86 bits per heavy atom. The molecule has 0 aliphatic carbocycles. The van der Waals surface area contributed by atoms with Crippen LogP contribution in [0.4, 0.5) is 4.39 Å². The van der Waals surface area contributed by atoms with Gasteiger partial charge in [0.2, 0.25) is 0 Å². The topological polar surface area (TPSA) is 59.1 Å². The first-order valence-electron chi connectivity index (χ1n) is 7.14. The third-order valence-corrected chi connectivity index (χ3v) is 3.44. The van der Waals surface area contributed by atoms with Crippen LogP contribution in [0.1, 0.15) is 37.5 Å². The van der Waals surface area contributed by atoms with Crippen molar-refractivity contribution >= 4 is 5.84 Å². The van der Waals surface area contributed by atoms with E-state index in [1.54, 1.807) is 12.1 Å². The van der Waals surface area contributed by atoms with Gasteiger partial charge in [0.1, 0.15) is 24.0 Å². The smallest absolute Gasteiger partial charge is 0.130 e. The summed E-state index contributed by atoms with van der Waals surface area (Å²) in [6, 6.07) is 12.3. The van der Waals surface area contributed by atoms with Crippen molar-refractivity contribution in [3.05, 3.63) is 65.0 Å². The fourth-order valence-corrected chi connectivity index (χ4v) is 2.20. The van der Waals surface area contributed by atoms with Crippen molar-refractivity contribution in [1.82, 2.24) is 0 Å². The van der Waals surface area contributed by atoms with Crippen molar-refractivity contribution < 1.29 is 9.13 Å². The number of amidine groups is 1. The van der Waals surface area contributed by atoms with Gasteiger partial charge in [-0.05, 0) is 23.1 Å². The molecular weight excluding hydrogens is 279 g/mol. The molecule has 22 heavy (non-hydrogen) atoms. The third-order valence-electron chi connectivity index (χ3n) is 3.44. The Balaban J connectivity index is 2.19. The van der Waals surface area contributed by atoms with Crippen LogP contribution in [0.2, 0.25) is 0 Å². The Kier molecular flexibility index (Phi) is 4.50. The van der Waals surface area contributed by atoms with Crippen LogP contribution in [0.3, 0.4) is 0 Å². The van der Waals surface area contributed by atoms with Gasteiger partial charge in [0.05, 0.1) is 0 Å². The lowest BCUT2D eigenvalue weighted by molar-refractivity contribution is 0.291. The highest BCUT2D eigenvalue weighted by Gasteiger charge is 2.18. The number of benzene rings is 2. The molecule has 0 saturated heterocycles. The van der Waals surface area contributed by atoms with E-state index in [9.17, 15) is 4.39 Å². The fourth-order valence-electron chi connectivity index (χ4n) is 2.20. The predicted molar refractivity (Wildman–Crippen MR) is 86.9 cm³/mol. The molecule has 0 amide bonds. The first kappa shape index (κ1) is 16.0. The maximum absolute atomic E-state index is 14.0. The van der Waals surface area contributed by atoms with E-state index in [-0.39, 0.29) is 17.9 Å². The number of nitrogens with one attached hydrogen (secondary N) is 1. The zero-order chi connectivity index (χ0) is 16.3. The molecule has 0 bridgehead atoms. The van der Waals surface area contributed by atoms with Gasteiger partial charge in [-0.3, -0.25) is 5.41 Å². The van der Waals surface area contributed by atoms with Crippen LogP contribution in [-0.4, -0.2) is 5.84 Å². The molecule has 0 heterocycles. The first-order chi connectivity index (χ1) is 10.3. The second-order valence-corrected chi connectivity index (χ2v) is 6.25. The summed E-state index contributed by atoms with van der Waals surface area (Å²) in [6.45, 7) is 6.46. The highest BCUT2D eigenvalue weighted by atomic mass is 19.1. The average Bonchev–Trinajstić information content (AvgIpc) is 2.45. The zero-order valence-electron chi connectivity index (χ0n) is 13.1. The van der Waals surface area contributed by atoms with Gasteiger partial charge in [0.15, 0.2) is 0 Å². The maximum atomic E-state index is 14.0. The van der Waals surface area contributed by atoms with Crippen LogP contribution in [0, 0.1) is 11.2 Å². The van der Waals surface area contributed by atoms with Crippen molar-refractivity contribution in [2.24, 2.45) is 5.73 Å². The highest BCUT2D eigenvalue weighted by Crippen LogP contribution is 2.31. The van der Waals surface area contributed by atoms with Gasteiger partial charge < -0.3 is 10.5 Å². The van der Waals surface area contributed by atoms with E-state index in [1.807, 2.05) is 24.3 Å². The van der Waals surface area contributed by atoms with E-state index in [4.69, 9.17) is 15.9 Å². The Bertz CT molecular complexity index is 690. The molecule has 116 valence electrons. The Morgan fingerprint density at radius 1 is 1.18 bits per heavy atom. The van der Waals surface area contributed by atoms with Crippen LogP contribution >= 0.6 is 0 Å². The SMILES string of the molecule is CC(C)(C)c1ccccc1OCc1ccc(C(=N)N)cc1F. The molecular formula is C18H21FN2O. The lowest BCUT2D eigenvalue weighted by Crippen LogP contribution is -2.14. The molecule has 3 N–H and O–H groups in total. The number of halogens is 1. The Hall–Kier alpha value is -2.36. The average molecular weight is 300 g/mol. The molecule has 4 heteroatoms. The second kappa shape index (κ2) is 6.18. The number of hydrogen-bond donors (Lipinski definition) is 2. The van der Waals surface area contributed by atoms with Crippen molar-refractivity contribution in [2.75, 3.05) is 0 Å². The number of para-hydroxylation sites is 1. The van der Waals surface area contributed by atoms with Crippen molar-refractivity contribution in [1.29, 1.82) is 5.41 Å². The van der Waals surface area contributed by atoms with E-state index in [0.717, 1.165) is 11.3 Å². The monoisotopic (exact) mass is 300 g/mol. The highest BCUT2D eigenvalue weighted by molar-refractivity contribution is 5.94. The molecule has 0 unspecified atom stereocenters. The second-order valence-electron chi connectivity index (χ2n) is 6.25. The summed E-state index contributed by atoms with van der Waals surface area (Å²) in [6.07, 6.45) is 0. The van der Waals surface area contributed by atoms with Gasteiger partial charge in [0, 0.05) is 11.1 Å². The van der Waals surface area contributed by atoms with Crippen LogP contribution in [0.25, 0.3) is 0 Å². The van der Waals surface area contributed by atoms with Crippen molar-refractivity contribution in [3.8, 4) is 5.75 Å². The first-order valence-corrected chi connectivity index (χ1v) is 7.14. The minimum atomic E-state index is -0.416. The molecule has 0 aliphatic rings. The summed E-state index contributed by atoms with van der Waals surface area (Å²) in [4.78, 5) is 0. The zero-order valence-corrected chi connectivity index (χ0v) is 13.1. The van der Waals surface area contributed by atoms with Gasteiger partial charge >= 0.3 is 0 Å². The van der Waals surface area contributed by atoms with Crippen LogP contribution in [0.5, 0.6) is 5.75 Å². The van der Waals surface area contributed by atoms with E-state index in [1.165, 1.54) is 6.07 Å². The molecule has 0 radical (unpaired) electrons. The molecule has 0 fully saturated rings. The molecule has 2 aromatic carbocycles. The number of ether oxygens (including phenoxy) is 1. The lowest BCUT2D eigenvalue weighted by Gasteiger charge is -2.22. The van der Waals surface area contributed by atoms with Gasteiger partial charge in [0.25, 0.3) is 0 Å². The third kappa shape index (κ3) is 3.64. The largest absolute Gasteiger partial charge is 0.488 e. The molecule has 0 spiro atoms.